The summed E-state index contributed by atoms with van der Waals surface area (Å²) in [5.41, 5.74) is 8.31. The first-order chi connectivity index (χ1) is 27.3. The maximum atomic E-state index is 2.41. The topological polar surface area (TPSA) is 3.24 Å². The van der Waals surface area contributed by atoms with Crippen molar-refractivity contribution >= 4 is 68.4 Å². The van der Waals surface area contributed by atoms with Gasteiger partial charge < -0.3 is 4.90 Å². The molecule has 0 amide bonds. The lowest BCUT2D eigenvalue weighted by molar-refractivity contribution is 1.30. The second-order valence-electron chi connectivity index (χ2n) is 14.1. The van der Waals surface area contributed by atoms with Crippen LogP contribution >= 0.6 is 11.8 Å². The summed E-state index contributed by atoms with van der Waals surface area (Å²) in [5, 5.41) is 8.17. The quantitative estimate of drug-likeness (QED) is 0.150. The third-order valence-corrected chi connectivity index (χ3v) is 17.5. The van der Waals surface area contributed by atoms with Crippen molar-refractivity contribution < 1.29 is 0 Å². The van der Waals surface area contributed by atoms with Crippen molar-refractivity contribution in [3.05, 3.63) is 224 Å². The lowest BCUT2D eigenvalue weighted by Gasteiger charge is -2.40. The van der Waals surface area contributed by atoms with Gasteiger partial charge in [0.1, 0.15) is 0 Å². The fourth-order valence-corrected chi connectivity index (χ4v) is 15.6. The summed E-state index contributed by atoms with van der Waals surface area (Å²) >= 11 is 1.93. The summed E-state index contributed by atoms with van der Waals surface area (Å²) in [6.45, 7) is 0. The number of anilines is 3. The van der Waals surface area contributed by atoms with Crippen molar-refractivity contribution in [3.8, 4) is 22.3 Å². The Morgan fingerprint density at radius 1 is 0.364 bits per heavy atom. The zero-order valence-corrected chi connectivity index (χ0v) is 32.0. The van der Waals surface area contributed by atoms with E-state index in [0.29, 0.717) is 0 Å². The van der Waals surface area contributed by atoms with Crippen LogP contribution in [0.5, 0.6) is 0 Å². The van der Waals surface area contributed by atoms with Gasteiger partial charge in [-0.25, -0.2) is 0 Å². The average Bonchev–Trinajstić information content (AvgIpc) is 3.27. The number of hydrogen-bond acceptors (Lipinski definition) is 2. The fraction of sp³-hybridized carbons (Fsp3) is 0. The molecule has 1 aliphatic rings. The molecule has 1 nitrogen and oxygen atoms in total. The van der Waals surface area contributed by atoms with Gasteiger partial charge in [0.15, 0.2) is 8.07 Å². The minimum absolute atomic E-state index is 1.12. The largest absolute Gasteiger partial charge is 0.310 e. The molecule has 260 valence electrons. The molecule has 0 bridgehead atoms. The molecular formula is C52H37NSSi. The first-order valence-electron chi connectivity index (χ1n) is 18.8. The van der Waals surface area contributed by atoms with Crippen LogP contribution in [-0.4, -0.2) is 8.07 Å². The summed E-state index contributed by atoms with van der Waals surface area (Å²) in [6, 6.07) is 82.7. The number of hydrogen-bond donors (Lipinski definition) is 0. The standard InChI is InChI=1S/C52H37NSSi/c1-4-16-38(17-5-1)39-30-34-42(35-31-39)53(48-26-14-19-40-18-10-11-24-46(40)48)43-36-32-41(33-37-43)47-25-15-29-51-52(47)54-49-27-12-13-28-50(49)55(51,44-20-6-2-7-21-44)45-22-8-3-9-23-45/h1-37H. The second kappa shape index (κ2) is 14.1. The first kappa shape index (κ1) is 33.2. The van der Waals surface area contributed by atoms with Gasteiger partial charge in [-0.15, -0.1) is 0 Å². The van der Waals surface area contributed by atoms with Crippen molar-refractivity contribution in [2.75, 3.05) is 4.90 Å². The zero-order valence-electron chi connectivity index (χ0n) is 30.2. The SMILES string of the molecule is c1ccc(-c2ccc(N(c3ccc(-c4cccc5c4Sc4ccccc4[Si]5(c4ccccc4)c4ccccc4)cc3)c3cccc4ccccc34)cc2)cc1. The molecule has 10 rings (SSSR count). The van der Waals surface area contributed by atoms with Crippen molar-refractivity contribution in [2.24, 2.45) is 0 Å². The molecule has 0 unspecified atom stereocenters. The molecule has 0 saturated heterocycles. The summed E-state index contributed by atoms with van der Waals surface area (Å²) < 4.78 is 0. The zero-order chi connectivity index (χ0) is 36.6. The Labute approximate surface area is 328 Å². The molecule has 0 fully saturated rings. The molecule has 9 aromatic carbocycles. The predicted octanol–water partition coefficient (Wildman–Crippen LogP) is 11.5. The molecule has 1 aliphatic heterocycles. The van der Waals surface area contributed by atoms with E-state index in [2.05, 4.69) is 229 Å². The monoisotopic (exact) mass is 735 g/mol. The van der Waals surface area contributed by atoms with E-state index >= 15 is 0 Å². The summed E-state index contributed by atoms with van der Waals surface area (Å²) in [5.74, 6) is 0. The minimum Gasteiger partial charge on any atom is -0.310 e. The van der Waals surface area contributed by atoms with Gasteiger partial charge in [0.2, 0.25) is 0 Å². The van der Waals surface area contributed by atoms with E-state index in [1.807, 2.05) is 11.8 Å². The second-order valence-corrected chi connectivity index (χ2v) is 18.8. The van der Waals surface area contributed by atoms with Crippen LogP contribution in [-0.2, 0) is 0 Å². The van der Waals surface area contributed by atoms with Crippen LogP contribution in [0.3, 0.4) is 0 Å². The van der Waals surface area contributed by atoms with Crippen molar-refractivity contribution in [3.63, 3.8) is 0 Å². The van der Waals surface area contributed by atoms with Gasteiger partial charge in [-0.1, -0.05) is 200 Å². The van der Waals surface area contributed by atoms with Crippen LogP contribution < -0.4 is 25.6 Å². The molecule has 0 aromatic heterocycles. The number of nitrogens with zero attached hydrogens (tertiary/aromatic N) is 1. The molecule has 0 spiro atoms. The maximum Gasteiger partial charge on any atom is 0.181 e. The molecular weight excluding hydrogens is 699 g/mol. The van der Waals surface area contributed by atoms with Crippen LogP contribution in [0.2, 0.25) is 0 Å². The highest BCUT2D eigenvalue weighted by Gasteiger charge is 2.47. The van der Waals surface area contributed by atoms with Gasteiger partial charge in [0, 0.05) is 26.6 Å². The highest BCUT2D eigenvalue weighted by atomic mass is 32.2. The third kappa shape index (κ3) is 5.72. The van der Waals surface area contributed by atoms with E-state index in [0.717, 1.165) is 17.1 Å². The van der Waals surface area contributed by atoms with Gasteiger partial charge in [-0.05, 0) is 84.8 Å². The molecule has 0 saturated carbocycles. The van der Waals surface area contributed by atoms with Crippen LogP contribution in [0, 0.1) is 0 Å². The normalized spacial score (nSPS) is 12.8. The lowest BCUT2D eigenvalue weighted by Crippen LogP contribution is -2.76. The Kier molecular flexibility index (Phi) is 8.52. The first-order valence-corrected chi connectivity index (χ1v) is 21.7. The summed E-state index contributed by atoms with van der Waals surface area (Å²) in [4.78, 5) is 5.10. The van der Waals surface area contributed by atoms with Crippen LogP contribution in [0.15, 0.2) is 234 Å². The van der Waals surface area contributed by atoms with E-state index in [4.69, 9.17) is 0 Å². The highest BCUT2D eigenvalue weighted by molar-refractivity contribution is 8.00. The van der Waals surface area contributed by atoms with Crippen LogP contribution in [0.4, 0.5) is 17.1 Å². The Morgan fingerprint density at radius 2 is 0.873 bits per heavy atom. The molecule has 1 heterocycles. The Balaban J connectivity index is 1.12. The van der Waals surface area contributed by atoms with Crippen LogP contribution in [0.1, 0.15) is 0 Å². The average molecular weight is 736 g/mol. The third-order valence-electron chi connectivity index (χ3n) is 11.0. The molecule has 0 radical (unpaired) electrons. The lowest BCUT2D eigenvalue weighted by atomic mass is 10.0. The Hall–Kier alpha value is -6.39. The maximum absolute atomic E-state index is 2.64. The van der Waals surface area contributed by atoms with Crippen molar-refractivity contribution in [1.82, 2.24) is 0 Å². The minimum atomic E-state index is -2.64. The van der Waals surface area contributed by atoms with Gasteiger partial charge >= 0.3 is 0 Å². The predicted molar refractivity (Wildman–Crippen MR) is 237 cm³/mol. The summed E-state index contributed by atoms with van der Waals surface area (Å²) in [7, 11) is -2.64. The van der Waals surface area contributed by atoms with Crippen molar-refractivity contribution in [1.29, 1.82) is 0 Å². The smallest absolute Gasteiger partial charge is 0.181 e. The number of fused-ring (bicyclic) bond motifs is 3. The summed E-state index contributed by atoms with van der Waals surface area (Å²) in [6.07, 6.45) is 0. The molecule has 0 N–H and O–H groups in total. The highest BCUT2D eigenvalue weighted by Crippen LogP contribution is 2.43. The van der Waals surface area contributed by atoms with Gasteiger partial charge in [0.05, 0.1) is 5.69 Å². The molecule has 0 atom stereocenters. The van der Waals surface area contributed by atoms with Crippen molar-refractivity contribution in [2.45, 2.75) is 9.79 Å². The van der Waals surface area contributed by atoms with E-state index in [1.54, 1.807) is 0 Å². The molecule has 55 heavy (non-hydrogen) atoms. The van der Waals surface area contributed by atoms with E-state index in [1.165, 1.54) is 63.6 Å². The van der Waals surface area contributed by atoms with E-state index < -0.39 is 8.07 Å². The Bertz CT molecular complexity index is 2720. The van der Waals surface area contributed by atoms with E-state index in [-0.39, 0.29) is 0 Å². The molecule has 0 aliphatic carbocycles. The number of rotatable bonds is 7. The van der Waals surface area contributed by atoms with Gasteiger partial charge in [-0.3, -0.25) is 0 Å². The Morgan fingerprint density at radius 3 is 1.56 bits per heavy atom. The molecule has 3 heteroatoms. The molecule has 9 aromatic rings. The van der Waals surface area contributed by atoms with Crippen LogP contribution in [0.25, 0.3) is 33.0 Å². The van der Waals surface area contributed by atoms with Gasteiger partial charge in [-0.2, -0.15) is 0 Å². The van der Waals surface area contributed by atoms with Gasteiger partial charge in [0.25, 0.3) is 0 Å². The fourth-order valence-electron chi connectivity index (χ4n) is 8.51. The van der Waals surface area contributed by atoms with E-state index in [9.17, 15) is 0 Å². The number of benzene rings is 9.